The Kier molecular flexibility index (Phi) is 5.13. The van der Waals surface area contributed by atoms with Crippen molar-refractivity contribution in [3.63, 3.8) is 0 Å². The quantitative estimate of drug-likeness (QED) is 0.587. The third kappa shape index (κ3) is 3.37. The molecule has 1 unspecified atom stereocenters. The number of allylic oxidation sites excluding steroid dienone is 1. The average Bonchev–Trinajstić information content (AvgIpc) is 3.29. The molecular weight excluding hydrogens is 404 g/mol. The van der Waals surface area contributed by atoms with Crippen LogP contribution < -0.4 is 19.6 Å². The highest BCUT2D eigenvalue weighted by Gasteiger charge is 2.33. The number of carbonyl (C=O) groups excluding carboxylic acids is 1. The predicted molar refractivity (Wildman–Crippen MR) is 112 cm³/mol. The van der Waals surface area contributed by atoms with E-state index in [2.05, 4.69) is 10.1 Å². The van der Waals surface area contributed by atoms with Crippen LogP contribution in [-0.4, -0.2) is 34.5 Å². The first kappa shape index (κ1) is 19.8. The number of carbonyl (C=O) groups is 1. The van der Waals surface area contributed by atoms with E-state index >= 15 is 0 Å². The van der Waals surface area contributed by atoms with Gasteiger partial charge in [0.1, 0.15) is 5.75 Å². The molecule has 0 amide bonds. The van der Waals surface area contributed by atoms with Gasteiger partial charge in [-0.25, -0.2) is 9.79 Å². The van der Waals surface area contributed by atoms with E-state index in [1.807, 2.05) is 25.4 Å². The van der Waals surface area contributed by atoms with Gasteiger partial charge in [-0.1, -0.05) is 23.5 Å². The lowest BCUT2D eigenvalue weighted by atomic mass is 9.96. The van der Waals surface area contributed by atoms with Crippen LogP contribution in [0.15, 0.2) is 57.7 Å². The van der Waals surface area contributed by atoms with Gasteiger partial charge in [0.15, 0.2) is 4.80 Å². The molecule has 8 nitrogen and oxygen atoms in total. The van der Waals surface area contributed by atoms with Gasteiger partial charge in [0.05, 0.1) is 42.3 Å². The fourth-order valence-corrected chi connectivity index (χ4v) is 4.51. The molecule has 3 aromatic rings. The monoisotopic (exact) mass is 424 g/mol. The molecule has 9 heteroatoms. The van der Waals surface area contributed by atoms with E-state index in [-0.39, 0.29) is 5.56 Å². The summed E-state index contributed by atoms with van der Waals surface area (Å²) in [7, 11) is 4.72. The van der Waals surface area contributed by atoms with Crippen molar-refractivity contribution in [2.75, 3.05) is 14.2 Å². The van der Waals surface area contributed by atoms with Gasteiger partial charge in [-0.3, -0.25) is 14.0 Å². The summed E-state index contributed by atoms with van der Waals surface area (Å²) < 4.78 is 14.0. The fraction of sp³-hybridized carbons (Fsp3) is 0.238. The molecule has 1 atom stereocenters. The Hall–Kier alpha value is -3.46. The zero-order valence-electron chi connectivity index (χ0n) is 16.9. The molecule has 4 rings (SSSR count). The number of benzene rings is 1. The zero-order valence-corrected chi connectivity index (χ0v) is 17.8. The summed E-state index contributed by atoms with van der Waals surface area (Å²) in [4.78, 5) is 31.0. The maximum Gasteiger partial charge on any atom is 0.338 e. The van der Waals surface area contributed by atoms with Crippen LogP contribution in [0.2, 0.25) is 0 Å². The predicted octanol–water partition coefficient (Wildman–Crippen LogP) is 1.15. The number of aryl methyl sites for hydroxylation is 1. The normalized spacial score (nSPS) is 16.3. The summed E-state index contributed by atoms with van der Waals surface area (Å²) in [6.07, 6.45) is 5.29. The van der Waals surface area contributed by atoms with Crippen LogP contribution in [-0.2, 0) is 16.6 Å². The molecule has 0 aliphatic carbocycles. The van der Waals surface area contributed by atoms with Crippen LogP contribution in [0.25, 0.3) is 6.08 Å². The summed E-state index contributed by atoms with van der Waals surface area (Å²) in [5.74, 6) is 0.168. The Morgan fingerprint density at radius 1 is 1.23 bits per heavy atom. The maximum atomic E-state index is 13.4. The summed E-state index contributed by atoms with van der Waals surface area (Å²) in [5, 5.41) is 4.14. The second-order valence-corrected chi connectivity index (χ2v) is 7.80. The number of esters is 1. The van der Waals surface area contributed by atoms with Gasteiger partial charge in [0, 0.05) is 18.8 Å². The highest BCUT2D eigenvalue weighted by molar-refractivity contribution is 7.07. The molecule has 0 spiro atoms. The van der Waals surface area contributed by atoms with E-state index < -0.39 is 12.0 Å². The number of hydrogen-bond donors (Lipinski definition) is 0. The molecule has 30 heavy (non-hydrogen) atoms. The summed E-state index contributed by atoms with van der Waals surface area (Å²) >= 11 is 1.28. The van der Waals surface area contributed by atoms with Crippen molar-refractivity contribution in [2.45, 2.75) is 13.0 Å². The van der Waals surface area contributed by atoms with Crippen molar-refractivity contribution in [1.29, 1.82) is 0 Å². The Balaban J connectivity index is 1.96. The van der Waals surface area contributed by atoms with Gasteiger partial charge in [0.2, 0.25) is 0 Å². The third-order valence-corrected chi connectivity index (χ3v) is 5.86. The second kappa shape index (κ2) is 7.75. The van der Waals surface area contributed by atoms with Gasteiger partial charge in [-0.05, 0) is 30.7 Å². The smallest absolute Gasteiger partial charge is 0.338 e. The first-order chi connectivity index (χ1) is 14.4. The standard InChI is InChI=1S/C21H20N4O4S/c1-12-17(20(27)29-4)18(14-5-7-15(28-3)8-6-14)25-19(26)16(30-21(25)23-12)9-13-10-22-24(2)11-13/h5-11,18H,1-4H3/b16-9+. The molecule has 154 valence electrons. The van der Waals surface area contributed by atoms with Gasteiger partial charge >= 0.3 is 5.97 Å². The van der Waals surface area contributed by atoms with Gasteiger partial charge in [0.25, 0.3) is 5.56 Å². The third-order valence-electron chi connectivity index (χ3n) is 4.88. The van der Waals surface area contributed by atoms with Crippen LogP contribution in [0.1, 0.15) is 24.1 Å². The van der Waals surface area contributed by atoms with Crippen LogP contribution >= 0.6 is 11.3 Å². The number of nitrogens with zero attached hydrogens (tertiary/aromatic N) is 4. The number of aromatic nitrogens is 3. The van der Waals surface area contributed by atoms with Gasteiger partial charge in [-0.2, -0.15) is 5.10 Å². The van der Waals surface area contributed by atoms with Crippen molar-refractivity contribution in [1.82, 2.24) is 14.3 Å². The van der Waals surface area contributed by atoms with Gasteiger partial charge < -0.3 is 9.47 Å². The van der Waals surface area contributed by atoms with Crippen molar-refractivity contribution < 1.29 is 14.3 Å². The van der Waals surface area contributed by atoms with Gasteiger partial charge in [-0.15, -0.1) is 0 Å². The lowest BCUT2D eigenvalue weighted by molar-refractivity contribution is -0.136. The fourth-order valence-electron chi connectivity index (χ4n) is 3.46. The molecule has 1 aromatic carbocycles. The number of hydrogen-bond acceptors (Lipinski definition) is 7. The Bertz CT molecular complexity index is 1330. The molecule has 1 aliphatic heterocycles. The Labute approximate surface area is 176 Å². The molecule has 0 N–H and O–H groups in total. The number of fused-ring (bicyclic) bond motifs is 1. The van der Waals surface area contributed by atoms with E-state index in [1.165, 1.54) is 18.4 Å². The SMILES string of the molecule is COC(=O)C1=C(C)N=c2s/c(=C/c3cnn(C)c3)c(=O)n2C1c1ccc(OC)cc1. The molecular formula is C21H20N4O4S. The molecule has 0 fully saturated rings. The number of thiazole rings is 1. The van der Waals surface area contributed by atoms with Crippen molar-refractivity contribution in [3.8, 4) is 5.75 Å². The van der Waals surface area contributed by atoms with E-state index in [0.29, 0.717) is 26.4 Å². The lowest BCUT2D eigenvalue weighted by Crippen LogP contribution is -2.39. The number of methoxy groups -OCH3 is 2. The Morgan fingerprint density at radius 2 is 1.97 bits per heavy atom. The van der Waals surface area contributed by atoms with Crippen molar-refractivity contribution in [2.24, 2.45) is 12.0 Å². The Morgan fingerprint density at radius 3 is 2.57 bits per heavy atom. The van der Waals surface area contributed by atoms with E-state index in [4.69, 9.17) is 9.47 Å². The van der Waals surface area contributed by atoms with Crippen LogP contribution in [0.4, 0.5) is 0 Å². The molecule has 3 heterocycles. The molecule has 2 aromatic heterocycles. The summed E-state index contributed by atoms with van der Waals surface area (Å²) in [6, 6.07) is 6.62. The second-order valence-electron chi connectivity index (χ2n) is 6.79. The first-order valence-corrected chi connectivity index (χ1v) is 9.98. The number of ether oxygens (including phenoxy) is 2. The van der Waals surface area contributed by atoms with Crippen LogP contribution in [0, 0.1) is 0 Å². The van der Waals surface area contributed by atoms with E-state index in [9.17, 15) is 9.59 Å². The molecule has 0 saturated heterocycles. The zero-order chi connectivity index (χ0) is 21.4. The molecule has 0 saturated carbocycles. The van der Waals surface area contributed by atoms with Crippen LogP contribution in [0.3, 0.4) is 0 Å². The highest BCUT2D eigenvalue weighted by Crippen LogP contribution is 2.31. The minimum absolute atomic E-state index is 0.225. The maximum absolute atomic E-state index is 13.4. The van der Waals surface area contributed by atoms with Crippen molar-refractivity contribution >= 4 is 23.4 Å². The largest absolute Gasteiger partial charge is 0.497 e. The summed E-state index contributed by atoms with van der Waals surface area (Å²) in [5.41, 5.74) is 2.21. The number of rotatable bonds is 4. The molecule has 0 radical (unpaired) electrons. The topological polar surface area (TPSA) is 87.7 Å². The molecule has 1 aliphatic rings. The van der Waals surface area contributed by atoms with Crippen LogP contribution in [0.5, 0.6) is 5.75 Å². The van der Waals surface area contributed by atoms with Crippen molar-refractivity contribution in [3.05, 3.63) is 78.7 Å². The lowest BCUT2D eigenvalue weighted by Gasteiger charge is -2.24. The van der Waals surface area contributed by atoms with E-state index in [1.54, 1.807) is 47.7 Å². The first-order valence-electron chi connectivity index (χ1n) is 9.16. The highest BCUT2D eigenvalue weighted by atomic mass is 32.1. The minimum atomic E-state index is -0.643. The molecule has 0 bridgehead atoms. The van der Waals surface area contributed by atoms with E-state index in [0.717, 1.165) is 11.1 Å². The average molecular weight is 424 g/mol. The minimum Gasteiger partial charge on any atom is -0.497 e. The summed E-state index contributed by atoms with van der Waals surface area (Å²) in [6.45, 7) is 1.75.